The van der Waals surface area contributed by atoms with Gasteiger partial charge in [-0.25, -0.2) is 0 Å². The molecular weight excluding hydrogens is 436 g/mol. The molecule has 12 nitrogen and oxygen atoms in total. The molecule has 4 amide bonds. The van der Waals surface area contributed by atoms with Crippen LogP contribution in [0.1, 0.15) is 47.5 Å². The van der Waals surface area contributed by atoms with Crippen LogP contribution in [0.4, 0.5) is 0 Å². The lowest BCUT2D eigenvalue weighted by Gasteiger charge is -2.28. The average molecular weight is 473 g/mol. The monoisotopic (exact) mass is 472 g/mol. The first-order chi connectivity index (χ1) is 15.3. The predicted molar refractivity (Wildman–Crippen MR) is 117 cm³/mol. The summed E-state index contributed by atoms with van der Waals surface area (Å²) in [6.45, 7) is 9.07. The van der Waals surface area contributed by atoms with Crippen LogP contribution in [0.15, 0.2) is 0 Å². The van der Waals surface area contributed by atoms with Crippen LogP contribution in [-0.2, 0) is 38.2 Å². The Balaban J connectivity index is 4.14. The number of ether oxygens (including phenoxy) is 2. The maximum atomic E-state index is 11.8. The van der Waals surface area contributed by atoms with E-state index in [2.05, 4.69) is 30.7 Å². The molecule has 0 heterocycles. The molecule has 0 fully saturated rings. The van der Waals surface area contributed by atoms with Gasteiger partial charge in [-0.3, -0.25) is 28.8 Å². The van der Waals surface area contributed by atoms with Crippen molar-refractivity contribution in [3.63, 3.8) is 0 Å². The quantitative estimate of drug-likeness (QED) is 0.151. The van der Waals surface area contributed by atoms with Gasteiger partial charge in [0.15, 0.2) is 0 Å². The molecule has 0 aromatic rings. The molecule has 0 aliphatic rings. The van der Waals surface area contributed by atoms with Crippen LogP contribution in [0.3, 0.4) is 0 Å². The van der Waals surface area contributed by atoms with Gasteiger partial charge in [0, 0.05) is 26.9 Å². The number of hydrogen-bond acceptors (Lipinski definition) is 8. The van der Waals surface area contributed by atoms with E-state index in [0.29, 0.717) is 12.8 Å². The molecule has 0 bridgehead atoms. The smallest absolute Gasteiger partial charge is 0.309 e. The van der Waals surface area contributed by atoms with Crippen LogP contribution in [0.2, 0.25) is 0 Å². The number of esters is 2. The summed E-state index contributed by atoms with van der Waals surface area (Å²) in [7, 11) is 0. The maximum absolute atomic E-state index is 11.8. The van der Waals surface area contributed by atoms with E-state index in [1.807, 2.05) is 20.8 Å². The molecule has 188 valence electrons. The fourth-order valence-electron chi connectivity index (χ4n) is 2.94. The van der Waals surface area contributed by atoms with Gasteiger partial charge in [-0.15, -0.1) is 0 Å². The Bertz CT molecular complexity index is 708. The third kappa shape index (κ3) is 16.2. The normalized spacial score (nSPS) is 11.5. The first kappa shape index (κ1) is 29.8. The van der Waals surface area contributed by atoms with Crippen LogP contribution in [0.5, 0.6) is 0 Å². The number of hydrogen-bond donors (Lipinski definition) is 4. The highest BCUT2D eigenvalue weighted by atomic mass is 16.5. The van der Waals surface area contributed by atoms with Crippen LogP contribution in [0.25, 0.3) is 0 Å². The van der Waals surface area contributed by atoms with Gasteiger partial charge in [-0.2, -0.15) is 0 Å². The molecule has 0 aromatic heterocycles. The zero-order valence-corrected chi connectivity index (χ0v) is 20.0. The summed E-state index contributed by atoms with van der Waals surface area (Å²) in [5.74, 6) is -4.03. The number of carbonyl (C=O) groups excluding carboxylic acids is 6. The molecule has 0 radical (unpaired) electrons. The SMILES string of the molecule is CC(=O)OCCNC(=O)C(=O)NCCC(C)(C)CC(C)CNC(=O)C(=O)NCCOC(C)=O. The van der Waals surface area contributed by atoms with Gasteiger partial charge in [-0.1, -0.05) is 20.8 Å². The number of nitrogens with one attached hydrogen (secondary N) is 4. The largest absolute Gasteiger partial charge is 0.464 e. The fraction of sp³-hybridized carbons (Fsp3) is 0.714. The van der Waals surface area contributed by atoms with Gasteiger partial charge in [0.05, 0.1) is 13.1 Å². The second kappa shape index (κ2) is 15.6. The predicted octanol–water partition coefficient (Wildman–Crippen LogP) is -0.980. The van der Waals surface area contributed by atoms with Crippen molar-refractivity contribution >= 4 is 35.6 Å². The minimum absolute atomic E-state index is 0.00818. The molecule has 0 rings (SSSR count). The molecule has 1 unspecified atom stereocenters. The zero-order chi connectivity index (χ0) is 25.4. The lowest BCUT2D eigenvalue weighted by atomic mass is 9.80. The van der Waals surface area contributed by atoms with Crippen molar-refractivity contribution in [1.82, 2.24) is 21.3 Å². The first-order valence-electron chi connectivity index (χ1n) is 10.7. The third-order valence-corrected chi connectivity index (χ3v) is 4.40. The van der Waals surface area contributed by atoms with Gasteiger partial charge >= 0.3 is 35.6 Å². The molecule has 0 saturated heterocycles. The highest BCUT2D eigenvalue weighted by molar-refractivity contribution is 6.35. The van der Waals surface area contributed by atoms with Crippen molar-refractivity contribution in [2.24, 2.45) is 11.3 Å². The molecule has 33 heavy (non-hydrogen) atoms. The average Bonchev–Trinajstić information content (AvgIpc) is 2.71. The van der Waals surface area contributed by atoms with E-state index < -0.39 is 35.6 Å². The van der Waals surface area contributed by atoms with Crippen LogP contribution >= 0.6 is 0 Å². The summed E-state index contributed by atoms with van der Waals surface area (Å²) >= 11 is 0. The highest BCUT2D eigenvalue weighted by Crippen LogP contribution is 2.28. The highest BCUT2D eigenvalue weighted by Gasteiger charge is 2.23. The lowest BCUT2D eigenvalue weighted by molar-refractivity contribution is -0.143. The Labute approximate surface area is 193 Å². The van der Waals surface area contributed by atoms with Gasteiger partial charge in [0.1, 0.15) is 13.2 Å². The number of carbonyl (C=O) groups is 6. The summed E-state index contributed by atoms with van der Waals surface area (Å²) < 4.78 is 9.33. The summed E-state index contributed by atoms with van der Waals surface area (Å²) in [4.78, 5) is 68.3. The van der Waals surface area contributed by atoms with Crippen LogP contribution < -0.4 is 21.3 Å². The zero-order valence-electron chi connectivity index (χ0n) is 20.0. The second-order valence-electron chi connectivity index (χ2n) is 8.38. The van der Waals surface area contributed by atoms with E-state index in [1.54, 1.807) is 0 Å². The van der Waals surface area contributed by atoms with E-state index in [9.17, 15) is 28.8 Å². The fourth-order valence-corrected chi connectivity index (χ4v) is 2.94. The minimum Gasteiger partial charge on any atom is -0.464 e. The van der Waals surface area contributed by atoms with E-state index in [0.717, 1.165) is 0 Å². The molecule has 0 spiro atoms. The van der Waals surface area contributed by atoms with Gasteiger partial charge in [0.25, 0.3) is 0 Å². The molecule has 0 saturated carbocycles. The molecule has 0 aliphatic carbocycles. The second-order valence-corrected chi connectivity index (χ2v) is 8.38. The summed E-state index contributed by atoms with van der Waals surface area (Å²) in [6.07, 6.45) is 1.29. The van der Waals surface area contributed by atoms with E-state index in [4.69, 9.17) is 0 Å². The molecule has 4 N–H and O–H groups in total. The standard InChI is InChI=1S/C21H36N4O8/c1-14(13-25-20(31)19(30)24-9-11-33-16(3)27)12-21(4,5)6-7-22-17(28)18(29)23-8-10-32-15(2)26/h14H,6-13H2,1-5H3,(H,22,28)(H,23,29)(H,24,30)(H,25,31). The van der Waals surface area contributed by atoms with E-state index >= 15 is 0 Å². The van der Waals surface area contributed by atoms with Crippen molar-refractivity contribution in [3.8, 4) is 0 Å². The van der Waals surface area contributed by atoms with Crippen molar-refractivity contribution in [3.05, 3.63) is 0 Å². The first-order valence-corrected chi connectivity index (χ1v) is 10.7. The van der Waals surface area contributed by atoms with Crippen molar-refractivity contribution in [1.29, 1.82) is 0 Å². The molecule has 0 aromatic carbocycles. The topological polar surface area (TPSA) is 169 Å². The number of rotatable bonds is 13. The minimum atomic E-state index is -0.804. The molecular formula is C21H36N4O8. The maximum Gasteiger partial charge on any atom is 0.309 e. The Morgan fingerprint density at radius 2 is 1.09 bits per heavy atom. The Morgan fingerprint density at radius 3 is 1.52 bits per heavy atom. The molecule has 0 aliphatic heterocycles. The van der Waals surface area contributed by atoms with Gasteiger partial charge < -0.3 is 30.7 Å². The number of amides is 4. The van der Waals surface area contributed by atoms with E-state index in [-0.39, 0.29) is 50.7 Å². The lowest BCUT2D eigenvalue weighted by Crippen LogP contribution is -2.43. The van der Waals surface area contributed by atoms with E-state index in [1.165, 1.54) is 13.8 Å². The molecule has 12 heteroatoms. The third-order valence-electron chi connectivity index (χ3n) is 4.40. The molecule has 1 atom stereocenters. The Hall–Kier alpha value is -3.18. The van der Waals surface area contributed by atoms with Gasteiger partial charge in [0.2, 0.25) is 0 Å². The summed E-state index contributed by atoms with van der Waals surface area (Å²) in [5.41, 5.74) is -0.199. The van der Waals surface area contributed by atoms with Crippen molar-refractivity contribution in [2.45, 2.75) is 47.5 Å². The Kier molecular flexibility index (Phi) is 14.1. The van der Waals surface area contributed by atoms with Crippen LogP contribution in [0, 0.1) is 11.3 Å². The van der Waals surface area contributed by atoms with Gasteiger partial charge in [-0.05, 0) is 24.2 Å². The Morgan fingerprint density at radius 1 is 0.697 bits per heavy atom. The van der Waals surface area contributed by atoms with Crippen LogP contribution in [-0.4, -0.2) is 75.0 Å². The van der Waals surface area contributed by atoms with Crippen molar-refractivity contribution in [2.75, 3.05) is 39.4 Å². The summed E-state index contributed by atoms with van der Waals surface area (Å²) in [5, 5.41) is 9.81. The summed E-state index contributed by atoms with van der Waals surface area (Å²) in [6, 6.07) is 0. The van der Waals surface area contributed by atoms with Crippen molar-refractivity contribution < 1.29 is 38.2 Å².